The lowest BCUT2D eigenvalue weighted by molar-refractivity contribution is -0.136. The number of allylic oxidation sites excluding steroid dienone is 2. The average Bonchev–Trinajstić information content (AvgIpc) is 3.92. The van der Waals surface area contributed by atoms with Crippen LogP contribution in [0.1, 0.15) is 67.3 Å². The number of hydrogen-bond donors (Lipinski definition) is 4. The summed E-state index contributed by atoms with van der Waals surface area (Å²) in [5.41, 5.74) is 10.7. The molecule has 5 N–H and O–H groups in total. The van der Waals surface area contributed by atoms with Crippen LogP contribution in [0.4, 0.5) is 16.2 Å². The van der Waals surface area contributed by atoms with Gasteiger partial charge in [-0.15, -0.1) is 0 Å². The number of aromatic nitrogens is 3. The maximum atomic E-state index is 13.1. The molecule has 3 aromatic rings. The molecule has 1 atom stereocenters. The molecule has 3 fully saturated rings. The number of piperidine rings is 1. The highest BCUT2D eigenvalue weighted by atomic mass is 35.5. The fraction of sp³-hybridized carbons (Fsp3) is 0.444. The van der Waals surface area contributed by atoms with Crippen LogP contribution in [-0.2, 0) is 22.7 Å². The summed E-state index contributed by atoms with van der Waals surface area (Å²) >= 11 is 6.56. The normalized spacial score (nSPS) is 20.2. The molecule has 278 valence electrons. The van der Waals surface area contributed by atoms with Gasteiger partial charge in [0.05, 0.1) is 29.1 Å². The van der Waals surface area contributed by atoms with Gasteiger partial charge >= 0.3 is 6.03 Å². The number of benzene rings is 1. The molecule has 2 aromatic heterocycles. The fourth-order valence-electron chi connectivity index (χ4n) is 7.30. The fourth-order valence-corrected chi connectivity index (χ4v) is 7.55. The van der Waals surface area contributed by atoms with Crippen molar-refractivity contribution in [2.75, 3.05) is 42.9 Å². The summed E-state index contributed by atoms with van der Waals surface area (Å²) in [4.78, 5) is 69.2. The highest BCUT2D eigenvalue weighted by Gasteiger charge is 2.39. The monoisotopic (exact) mass is 743 g/mol. The van der Waals surface area contributed by atoms with Crippen molar-refractivity contribution in [1.82, 2.24) is 35.6 Å². The number of carbonyl (C=O) groups is 4. The summed E-state index contributed by atoms with van der Waals surface area (Å²) in [5, 5.41) is 12.3. The number of hydrogen-bond acceptors (Lipinski definition) is 12. The maximum absolute atomic E-state index is 13.1. The maximum Gasteiger partial charge on any atom is 0.323 e. The van der Waals surface area contributed by atoms with Crippen molar-refractivity contribution in [3.63, 3.8) is 0 Å². The molecule has 7 rings (SSSR count). The van der Waals surface area contributed by atoms with Gasteiger partial charge in [-0.2, -0.15) is 4.98 Å². The van der Waals surface area contributed by atoms with E-state index in [1.807, 2.05) is 25.1 Å². The number of anilines is 2. The third-order valence-electron chi connectivity index (χ3n) is 10.1. The molecule has 4 aliphatic rings. The van der Waals surface area contributed by atoms with Crippen molar-refractivity contribution >= 4 is 52.9 Å². The molecule has 0 bridgehead atoms. The lowest BCUT2D eigenvalue weighted by atomic mass is 10.0. The van der Waals surface area contributed by atoms with Crippen LogP contribution in [0.3, 0.4) is 0 Å². The molecule has 0 spiro atoms. The van der Waals surface area contributed by atoms with Gasteiger partial charge in [-0.3, -0.25) is 29.6 Å². The summed E-state index contributed by atoms with van der Waals surface area (Å²) in [6, 6.07) is 6.24. The minimum atomic E-state index is -0.639. The molecular weight excluding hydrogens is 702 g/mol. The van der Waals surface area contributed by atoms with Crippen molar-refractivity contribution in [3.8, 4) is 11.5 Å². The largest absolute Gasteiger partial charge is 0.400 e. The van der Waals surface area contributed by atoms with Gasteiger partial charge < -0.3 is 30.7 Å². The van der Waals surface area contributed by atoms with Crippen LogP contribution in [0.5, 0.6) is 0 Å². The molecule has 1 unspecified atom stereocenters. The Hall–Kier alpha value is -5.35. The third kappa shape index (κ3) is 8.03. The number of fused-ring (bicyclic) bond motifs is 1. The summed E-state index contributed by atoms with van der Waals surface area (Å²) < 4.78 is 5.55. The Labute approximate surface area is 311 Å². The van der Waals surface area contributed by atoms with Crippen molar-refractivity contribution in [2.24, 2.45) is 16.6 Å². The second-order valence-electron chi connectivity index (χ2n) is 13.6. The number of nitrogens with zero attached hydrogens (tertiary/aromatic N) is 7. The minimum Gasteiger partial charge on any atom is -0.400 e. The first-order valence-electron chi connectivity index (χ1n) is 18.0. The number of nitrogens with two attached hydrogens (primary N) is 1. The number of urea groups is 1. The Balaban J connectivity index is 0.917. The Morgan fingerprint density at radius 1 is 1.13 bits per heavy atom. The van der Waals surface area contributed by atoms with Crippen LogP contribution in [0.25, 0.3) is 11.5 Å². The van der Waals surface area contributed by atoms with Crippen LogP contribution in [0.15, 0.2) is 51.4 Å². The van der Waals surface area contributed by atoms with E-state index in [9.17, 15) is 19.2 Å². The molecule has 1 saturated carbocycles. The number of imide groups is 1. The van der Waals surface area contributed by atoms with Crippen molar-refractivity contribution in [3.05, 3.63) is 63.9 Å². The van der Waals surface area contributed by atoms with E-state index in [2.05, 4.69) is 45.9 Å². The second kappa shape index (κ2) is 15.7. The molecule has 3 aliphatic heterocycles. The zero-order chi connectivity index (χ0) is 37.1. The van der Waals surface area contributed by atoms with Crippen LogP contribution in [0.2, 0.25) is 5.02 Å². The Bertz CT molecular complexity index is 1970. The van der Waals surface area contributed by atoms with E-state index >= 15 is 0 Å². The Morgan fingerprint density at radius 3 is 2.66 bits per heavy atom. The zero-order valence-corrected chi connectivity index (χ0v) is 30.2. The van der Waals surface area contributed by atoms with Gasteiger partial charge in [-0.1, -0.05) is 29.6 Å². The summed E-state index contributed by atoms with van der Waals surface area (Å²) in [6.07, 6.45) is 7.85. The number of piperazine rings is 1. The van der Waals surface area contributed by atoms with Gasteiger partial charge in [0.1, 0.15) is 11.7 Å². The molecular formula is C36H42ClN11O5. The molecule has 1 aromatic carbocycles. The Morgan fingerprint density at radius 2 is 1.92 bits per heavy atom. The lowest BCUT2D eigenvalue weighted by Gasteiger charge is -2.35. The molecule has 17 heteroatoms. The quantitative estimate of drug-likeness (QED) is 0.175. The molecule has 16 nitrogen and oxygen atoms in total. The topological polar surface area (TPSA) is 204 Å². The van der Waals surface area contributed by atoms with E-state index < -0.39 is 18.0 Å². The SMILES string of the molecule is CCN=C/C(NC(=O)Nc1cnc(-c2noc(CN3CCN(c4ccc5c(c4)CN(C4CCC(=O)NC4=O)C5=O)CC3)n2)c(Cl)c1)=C(\N)C1CCCC1. The van der Waals surface area contributed by atoms with Gasteiger partial charge in [0.25, 0.3) is 5.91 Å². The predicted octanol–water partition coefficient (Wildman–Crippen LogP) is 3.44. The lowest BCUT2D eigenvalue weighted by Crippen LogP contribution is -2.52. The smallest absolute Gasteiger partial charge is 0.323 e. The zero-order valence-electron chi connectivity index (χ0n) is 29.4. The first kappa shape index (κ1) is 36.0. The van der Waals surface area contributed by atoms with Gasteiger partial charge in [0.15, 0.2) is 0 Å². The van der Waals surface area contributed by atoms with Crippen LogP contribution in [0, 0.1) is 5.92 Å². The number of aliphatic imine (C=N–C) groups is 1. The van der Waals surface area contributed by atoms with E-state index in [1.54, 1.807) is 17.2 Å². The van der Waals surface area contributed by atoms with Crippen LogP contribution < -0.4 is 26.6 Å². The first-order valence-corrected chi connectivity index (χ1v) is 18.4. The van der Waals surface area contributed by atoms with Crippen molar-refractivity contribution < 1.29 is 23.7 Å². The number of halogens is 1. The number of nitrogens with one attached hydrogen (secondary N) is 3. The highest BCUT2D eigenvalue weighted by molar-refractivity contribution is 6.33. The van der Waals surface area contributed by atoms with Gasteiger partial charge in [0, 0.05) is 74.8 Å². The van der Waals surface area contributed by atoms with E-state index in [0.29, 0.717) is 60.3 Å². The molecule has 5 heterocycles. The average molecular weight is 744 g/mol. The van der Waals surface area contributed by atoms with E-state index in [1.165, 1.54) is 6.20 Å². The van der Waals surface area contributed by atoms with Gasteiger partial charge in [-0.05, 0) is 56.0 Å². The molecule has 0 radical (unpaired) electrons. The molecule has 5 amide bonds. The Kier molecular flexibility index (Phi) is 10.7. The number of amides is 5. The van der Waals surface area contributed by atoms with Gasteiger partial charge in [-0.25, -0.2) is 9.78 Å². The minimum absolute atomic E-state index is 0.183. The molecule has 53 heavy (non-hydrogen) atoms. The van der Waals surface area contributed by atoms with Crippen LogP contribution in [-0.4, -0.2) is 93.7 Å². The second-order valence-corrected chi connectivity index (χ2v) is 14.0. The van der Waals surface area contributed by atoms with E-state index in [-0.39, 0.29) is 35.0 Å². The highest BCUT2D eigenvalue weighted by Crippen LogP contribution is 2.32. The summed E-state index contributed by atoms with van der Waals surface area (Å²) in [7, 11) is 0. The van der Waals surface area contributed by atoms with Crippen LogP contribution >= 0.6 is 11.6 Å². The molecule has 2 saturated heterocycles. The van der Waals surface area contributed by atoms with Crippen molar-refractivity contribution in [2.45, 2.75) is 64.6 Å². The number of rotatable bonds is 10. The standard InChI is InChI=1S/C36H42ClN11O5/c1-2-39-18-27(31(38)21-5-3-4-6-21)42-36(52)41-23-16-26(37)32(40-17-23)33-44-30(53-45-33)20-46-11-13-47(14-12-46)24-7-8-25-22(15-24)19-48(35(25)51)28-9-10-29(49)43-34(28)50/h7-8,15-18,21,28H,2-6,9-14,19-20,38H2,1H3,(H2,41,42,52)(H,43,49,50)/b31-27+,39-18?. The summed E-state index contributed by atoms with van der Waals surface area (Å²) in [5.74, 6) is -0.0199. The van der Waals surface area contributed by atoms with E-state index in [4.69, 9.17) is 21.9 Å². The third-order valence-corrected chi connectivity index (χ3v) is 10.4. The van der Waals surface area contributed by atoms with Gasteiger partial charge in [0.2, 0.25) is 23.5 Å². The van der Waals surface area contributed by atoms with Crippen molar-refractivity contribution in [1.29, 1.82) is 0 Å². The molecule has 1 aliphatic carbocycles. The predicted molar refractivity (Wildman–Crippen MR) is 197 cm³/mol. The number of carbonyl (C=O) groups excluding carboxylic acids is 4. The van der Waals surface area contributed by atoms with E-state index in [0.717, 1.165) is 63.1 Å². The summed E-state index contributed by atoms with van der Waals surface area (Å²) in [6.45, 7) is 6.23. The number of pyridine rings is 1. The first-order chi connectivity index (χ1) is 25.7.